The van der Waals surface area contributed by atoms with Crippen molar-refractivity contribution in [1.29, 1.82) is 0 Å². The van der Waals surface area contributed by atoms with E-state index in [0.717, 1.165) is 0 Å². The van der Waals surface area contributed by atoms with Crippen molar-refractivity contribution in [3.05, 3.63) is 174 Å². The van der Waals surface area contributed by atoms with Gasteiger partial charge in [0.15, 0.2) is 0 Å². The van der Waals surface area contributed by atoms with Crippen molar-refractivity contribution in [3.63, 3.8) is 0 Å². The van der Waals surface area contributed by atoms with Crippen LogP contribution in [-0.2, 0) is 10.8 Å². The Morgan fingerprint density at radius 2 is 0.895 bits per heavy atom. The van der Waals surface area contributed by atoms with Crippen LogP contribution in [0.4, 0.5) is 34.1 Å². The molecule has 0 atom stereocenters. The summed E-state index contributed by atoms with van der Waals surface area (Å²) in [5.74, 6) is 0. The van der Waals surface area contributed by atoms with Gasteiger partial charge in [-0.25, -0.2) is 0 Å². The predicted octanol–water partition coefficient (Wildman–Crippen LogP) is 12.2. The number of hydrogen-bond donors (Lipinski definition) is 0. The Morgan fingerprint density at radius 1 is 0.351 bits per heavy atom. The number of fused-ring (bicyclic) bond motifs is 14. The van der Waals surface area contributed by atoms with E-state index < -0.39 is 0 Å². The zero-order valence-corrected chi connectivity index (χ0v) is 32.5. The number of nitrogens with zero attached hydrogens (tertiary/aromatic N) is 2. The molecule has 7 aromatic carbocycles. The van der Waals surface area contributed by atoms with Gasteiger partial charge in [0, 0.05) is 45.0 Å². The van der Waals surface area contributed by atoms with Gasteiger partial charge in [0.2, 0.25) is 0 Å². The lowest BCUT2D eigenvalue weighted by atomic mass is 9.33. The molecular formula is C54H45BN2. The third-order valence-electron chi connectivity index (χ3n) is 15.2. The summed E-state index contributed by atoms with van der Waals surface area (Å²) in [6, 6.07) is 59.0. The van der Waals surface area contributed by atoms with Crippen LogP contribution in [0.1, 0.15) is 86.5 Å². The maximum absolute atomic E-state index is 2.70. The summed E-state index contributed by atoms with van der Waals surface area (Å²) in [5, 5.41) is 0. The first-order valence-electron chi connectivity index (χ1n) is 21.7. The maximum Gasteiger partial charge on any atom is 0.252 e. The molecule has 0 unspecified atom stereocenters. The number of benzene rings is 7. The highest BCUT2D eigenvalue weighted by Gasteiger charge is 2.49. The van der Waals surface area contributed by atoms with Crippen LogP contribution < -0.4 is 26.2 Å². The largest absolute Gasteiger partial charge is 0.311 e. The number of para-hydroxylation sites is 2. The Balaban J connectivity index is 1.06. The third kappa shape index (κ3) is 4.22. The molecule has 7 aromatic rings. The first-order valence-corrected chi connectivity index (χ1v) is 21.7. The summed E-state index contributed by atoms with van der Waals surface area (Å²) in [7, 11) is 0. The Labute approximate surface area is 336 Å². The van der Waals surface area contributed by atoms with Crippen LogP contribution in [0.2, 0.25) is 0 Å². The molecule has 274 valence electrons. The monoisotopic (exact) mass is 732 g/mol. The summed E-state index contributed by atoms with van der Waals surface area (Å²) in [5.41, 5.74) is 24.1. The molecule has 0 radical (unpaired) electrons. The first-order chi connectivity index (χ1) is 28.3. The van der Waals surface area contributed by atoms with E-state index in [2.05, 4.69) is 161 Å². The number of anilines is 6. The highest BCUT2D eigenvalue weighted by Crippen LogP contribution is 2.59. The van der Waals surface area contributed by atoms with Crippen molar-refractivity contribution in [2.24, 2.45) is 0 Å². The molecule has 0 bridgehead atoms. The van der Waals surface area contributed by atoms with Crippen molar-refractivity contribution < 1.29 is 0 Å². The molecule has 2 spiro atoms. The summed E-state index contributed by atoms with van der Waals surface area (Å²) < 4.78 is 0. The molecule has 4 aliphatic carbocycles. The second-order valence-corrected chi connectivity index (χ2v) is 17.8. The topological polar surface area (TPSA) is 6.48 Å². The minimum atomic E-state index is 0.0911. The molecule has 2 heterocycles. The van der Waals surface area contributed by atoms with Crippen LogP contribution in [0, 0.1) is 0 Å². The van der Waals surface area contributed by atoms with E-state index in [9.17, 15) is 0 Å². The van der Waals surface area contributed by atoms with Gasteiger partial charge in [-0.15, -0.1) is 0 Å². The number of hydrogen-bond acceptors (Lipinski definition) is 2. The van der Waals surface area contributed by atoms with E-state index in [-0.39, 0.29) is 17.5 Å². The molecule has 0 aromatic heterocycles. The fourth-order valence-corrected chi connectivity index (χ4v) is 12.9. The molecule has 2 fully saturated rings. The lowest BCUT2D eigenvalue weighted by Gasteiger charge is -2.45. The van der Waals surface area contributed by atoms with Crippen molar-refractivity contribution in [1.82, 2.24) is 0 Å². The van der Waals surface area contributed by atoms with Gasteiger partial charge in [-0.3, -0.25) is 0 Å². The summed E-state index contributed by atoms with van der Waals surface area (Å²) in [6.07, 6.45) is 12.8. The molecule has 6 aliphatic rings. The van der Waals surface area contributed by atoms with Crippen molar-refractivity contribution >= 4 is 57.2 Å². The highest BCUT2D eigenvalue weighted by atomic mass is 15.2. The van der Waals surface area contributed by atoms with Gasteiger partial charge in [0.1, 0.15) is 0 Å². The van der Waals surface area contributed by atoms with Crippen LogP contribution in [-0.4, -0.2) is 6.71 Å². The van der Waals surface area contributed by atoms with Gasteiger partial charge in [-0.2, -0.15) is 0 Å². The van der Waals surface area contributed by atoms with E-state index in [1.807, 2.05) is 0 Å². The van der Waals surface area contributed by atoms with E-state index >= 15 is 0 Å². The molecule has 0 saturated heterocycles. The quantitative estimate of drug-likeness (QED) is 0.163. The second-order valence-electron chi connectivity index (χ2n) is 17.8. The fourth-order valence-electron chi connectivity index (χ4n) is 12.9. The van der Waals surface area contributed by atoms with E-state index in [0.29, 0.717) is 0 Å². The van der Waals surface area contributed by atoms with Crippen LogP contribution >= 0.6 is 0 Å². The molecule has 13 rings (SSSR count). The molecule has 2 aliphatic heterocycles. The van der Waals surface area contributed by atoms with Gasteiger partial charge < -0.3 is 9.80 Å². The summed E-state index contributed by atoms with van der Waals surface area (Å²) in [4.78, 5) is 5.20. The summed E-state index contributed by atoms with van der Waals surface area (Å²) in [6.45, 7) is 0.122. The Kier molecular flexibility index (Phi) is 6.73. The third-order valence-corrected chi connectivity index (χ3v) is 15.2. The Hall–Kier alpha value is -5.80. The molecular weight excluding hydrogens is 687 g/mol. The standard InChI is InChI=1S/C54H45BN2/c1-4-17-36(18-5-1)56-49-25-16-26-50-52(49)55(47-35-45-41(34-51(47)56)39-20-7-9-22-43(39)54(45)31-14-3-15-32-54)46-23-10-11-24-48(46)57(50)37-27-28-40-38-19-6-8-21-42(38)53(44(40)33-37)29-12-2-13-30-53/h1,4-11,16-28,33-35H,2-3,12-15,29-32H2. The van der Waals surface area contributed by atoms with Gasteiger partial charge in [0.05, 0.1) is 0 Å². The van der Waals surface area contributed by atoms with Gasteiger partial charge >= 0.3 is 0 Å². The van der Waals surface area contributed by atoms with Gasteiger partial charge in [-0.1, -0.05) is 142 Å². The maximum atomic E-state index is 2.70. The predicted molar refractivity (Wildman–Crippen MR) is 239 cm³/mol. The molecule has 2 saturated carbocycles. The normalized spacial score (nSPS) is 18.4. The van der Waals surface area contributed by atoms with Crippen molar-refractivity contribution in [3.8, 4) is 22.3 Å². The smallest absolute Gasteiger partial charge is 0.252 e. The Bertz CT molecular complexity index is 2790. The van der Waals surface area contributed by atoms with Gasteiger partial charge in [-0.05, 0) is 135 Å². The average molecular weight is 733 g/mol. The van der Waals surface area contributed by atoms with Crippen molar-refractivity contribution in [2.75, 3.05) is 9.80 Å². The molecule has 0 N–H and O–H groups in total. The minimum Gasteiger partial charge on any atom is -0.311 e. The van der Waals surface area contributed by atoms with Crippen LogP contribution in [0.15, 0.2) is 152 Å². The second kappa shape index (κ2) is 11.9. The van der Waals surface area contributed by atoms with Gasteiger partial charge in [0.25, 0.3) is 6.71 Å². The summed E-state index contributed by atoms with van der Waals surface area (Å²) >= 11 is 0. The van der Waals surface area contributed by atoms with Crippen LogP contribution in [0.3, 0.4) is 0 Å². The SMILES string of the molecule is c1ccc(N2c3cc4c(cc3B3c5ccccc5N(c5ccc6c(c5)C5(CCCCC5)c5ccccc5-6)c5cccc2c53)C2(CCCCC2)c2ccccc2-4)cc1. The lowest BCUT2D eigenvalue weighted by Crippen LogP contribution is -2.61. The zero-order chi connectivity index (χ0) is 37.3. The zero-order valence-electron chi connectivity index (χ0n) is 32.5. The molecule has 3 heteroatoms. The van der Waals surface area contributed by atoms with Crippen LogP contribution in [0.5, 0.6) is 0 Å². The Morgan fingerprint density at radius 3 is 1.60 bits per heavy atom. The number of rotatable bonds is 2. The fraction of sp³-hybridized carbons (Fsp3) is 0.222. The highest BCUT2D eigenvalue weighted by molar-refractivity contribution is 7.00. The minimum absolute atomic E-state index is 0.0911. The van der Waals surface area contributed by atoms with E-state index in [1.54, 1.807) is 16.7 Å². The lowest BCUT2D eigenvalue weighted by molar-refractivity contribution is 0.353. The van der Waals surface area contributed by atoms with E-state index in [4.69, 9.17) is 0 Å². The van der Waals surface area contributed by atoms with Crippen molar-refractivity contribution in [2.45, 2.75) is 75.0 Å². The average Bonchev–Trinajstić information content (AvgIpc) is 3.68. The van der Waals surface area contributed by atoms with E-state index in [1.165, 1.54) is 143 Å². The van der Waals surface area contributed by atoms with Crippen LogP contribution in [0.25, 0.3) is 22.3 Å². The molecule has 57 heavy (non-hydrogen) atoms. The molecule has 2 nitrogen and oxygen atoms in total. The molecule has 0 amide bonds. The first kappa shape index (κ1) is 32.3.